The highest BCUT2D eigenvalue weighted by Crippen LogP contribution is 2.58. The number of carbonyl (C=O) groups is 1. The minimum Gasteiger partial charge on any atom is -1.00 e. The lowest BCUT2D eigenvalue weighted by Crippen LogP contribution is -3.00. The molecule has 0 aliphatic rings. The number of aliphatic carboxylic acids is 1. The first-order valence-electron chi connectivity index (χ1n) is 7.93. The summed E-state index contributed by atoms with van der Waals surface area (Å²) in [4.78, 5) is 38.0. The summed E-state index contributed by atoms with van der Waals surface area (Å²) in [6.45, 7) is 8.21. The van der Waals surface area contributed by atoms with E-state index in [1.54, 1.807) is 0 Å². The van der Waals surface area contributed by atoms with Crippen LogP contribution in [0, 0.1) is 0 Å². The molecule has 12 nitrogen and oxygen atoms in total. The fraction of sp³-hybridized carbons (Fsp3) is 0.400. The van der Waals surface area contributed by atoms with Crippen molar-refractivity contribution in [1.29, 1.82) is 0 Å². The highest BCUT2D eigenvalue weighted by molar-refractivity contribution is 7.60. The molecule has 0 bridgehead atoms. The first-order chi connectivity index (χ1) is 13.2. The molecule has 0 saturated heterocycles. The standard InChI is InChI=1S/C8H16N.C4H5N.C3H8O10P2.ClH/c1-5-7-9(3,4)8-6-2;1-2-4-5-3-1;4-1-2(3(5)6)12-15(10,11)13-14(7,8)9;/h5-6H,1-2,7-8H2,3-4H3;1-5H;2,4H,1H2,(H,5,6)(H,10,11)(H2,7,8,9);1H/q+1;;;/p-1. The number of aliphatic hydroxyl groups excluding tert-OH is 1. The van der Waals surface area contributed by atoms with Crippen LogP contribution in [0.1, 0.15) is 0 Å². The van der Waals surface area contributed by atoms with E-state index in [2.05, 4.69) is 41.1 Å². The molecule has 6 N–H and O–H groups in total. The van der Waals surface area contributed by atoms with Gasteiger partial charge in [-0.05, 0) is 24.3 Å². The fourth-order valence-corrected chi connectivity index (χ4v) is 3.23. The van der Waals surface area contributed by atoms with E-state index in [1.807, 2.05) is 36.7 Å². The number of hydrogen-bond donors (Lipinski definition) is 6. The van der Waals surface area contributed by atoms with E-state index in [9.17, 15) is 13.9 Å². The lowest BCUT2D eigenvalue weighted by Gasteiger charge is -2.26. The minimum atomic E-state index is -5.30. The topological polar surface area (TPSA) is 187 Å². The molecule has 176 valence electrons. The van der Waals surface area contributed by atoms with Crippen LogP contribution in [0.15, 0.2) is 49.8 Å². The SMILES string of the molecule is C=CC[N+](C)(C)CC=C.O=C(O)C(CO)OP(=O)(O)OP(=O)(O)O.[Cl-].c1cc[nH]c1. The number of aromatic nitrogens is 1. The molecule has 0 saturated carbocycles. The highest BCUT2D eigenvalue weighted by atomic mass is 35.5. The molecule has 2 unspecified atom stereocenters. The number of aliphatic hydroxyl groups is 1. The van der Waals surface area contributed by atoms with E-state index in [4.69, 9.17) is 24.9 Å². The summed E-state index contributed by atoms with van der Waals surface area (Å²) in [6, 6.07) is 3.89. The zero-order valence-corrected chi connectivity index (χ0v) is 19.1. The van der Waals surface area contributed by atoms with Gasteiger partial charge >= 0.3 is 21.6 Å². The van der Waals surface area contributed by atoms with Gasteiger partial charge < -0.3 is 46.8 Å². The van der Waals surface area contributed by atoms with Crippen LogP contribution >= 0.6 is 15.6 Å². The maximum Gasteiger partial charge on any atom is 0.482 e. The molecule has 0 spiro atoms. The predicted molar refractivity (Wildman–Crippen MR) is 106 cm³/mol. The van der Waals surface area contributed by atoms with Crippen molar-refractivity contribution in [3.63, 3.8) is 0 Å². The van der Waals surface area contributed by atoms with E-state index in [-0.39, 0.29) is 12.4 Å². The van der Waals surface area contributed by atoms with Gasteiger partial charge in [-0.1, -0.05) is 13.2 Å². The second-order valence-electron chi connectivity index (χ2n) is 5.92. The number of carboxylic acids is 1. The van der Waals surface area contributed by atoms with Gasteiger partial charge in [-0.25, -0.2) is 13.9 Å². The van der Waals surface area contributed by atoms with Gasteiger partial charge in [0.25, 0.3) is 0 Å². The summed E-state index contributed by atoms with van der Waals surface area (Å²) in [5, 5.41) is 16.6. The van der Waals surface area contributed by atoms with Crippen molar-refractivity contribution in [1.82, 2.24) is 4.98 Å². The molecule has 0 aliphatic heterocycles. The summed E-state index contributed by atoms with van der Waals surface area (Å²) < 4.78 is 28.9. The van der Waals surface area contributed by atoms with Crippen LogP contribution in [-0.2, 0) is 22.8 Å². The molecule has 1 aromatic rings. The van der Waals surface area contributed by atoms with Crippen LogP contribution < -0.4 is 12.4 Å². The van der Waals surface area contributed by atoms with E-state index < -0.39 is 34.3 Å². The Labute approximate surface area is 181 Å². The van der Waals surface area contributed by atoms with Crippen molar-refractivity contribution < 1.29 is 64.5 Å². The highest BCUT2D eigenvalue weighted by Gasteiger charge is 2.37. The Hall–Kier alpha value is -1.30. The molecule has 0 aliphatic carbocycles. The van der Waals surface area contributed by atoms with Gasteiger partial charge in [0.2, 0.25) is 0 Å². The molecule has 30 heavy (non-hydrogen) atoms. The molecule has 0 fully saturated rings. The van der Waals surface area contributed by atoms with E-state index in [1.165, 1.54) is 0 Å². The molecule has 1 heterocycles. The number of likely N-dealkylation sites (N-methyl/N-ethyl adjacent to an activating group) is 1. The Kier molecular flexibility index (Phi) is 18.2. The first-order valence-corrected chi connectivity index (χ1v) is 11.0. The van der Waals surface area contributed by atoms with Crippen molar-refractivity contribution in [2.75, 3.05) is 33.8 Å². The van der Waals surface area contributed by atoms with Crippen LogP contribution in [0.5, 0.6) is 0 Å². The fourth-order valence-electron chi connectivity index (χ4n) is 1.52. The summed E-state index contributed by atoms with van der Waals surface area (Å²) in [5.74, 6) is -1.79. The van der Waals surface area contributed by atoms with Gasteiger partial charge in [0, 0.05) is 12.4 Å². The van der Waals surface area contributed by atoms with E-state index >= 15 is 0 Å². The first kappa shape index (κ1) is 33.3. The van der Waals surface area contributed by atoms with Crippen LogP contribution in [0.2, 0.25) is 0 Å². The normalized spacial score (nSPS) is 13.7. The molecule has 1 aromatic heterocycles. The van der Waals surface area contributed by atoms with Crippen molar-refractivity contribution in [3.8, 4) is 0 Å². The molecule has 1 rings (SSSR count). The average molecular weight is 495 g/mol. The molecule has 0 amide bonds. The second-order valence-corrected chi connectivity index (χ2v) is 8.70. The lowest BCUT2D eigenvalue weighted by molar-refractivity contribution is -0.878. The molecular formula is C15H29ClN2O10P2. The summed E-state index contributed by atoms with van der Waals surface area (Å²) in [7, 11) is -6.23. The zero-order chi connectivity index (χ0) is 23.1. The largest absolute Gasteiger partial charge is 1.00 e. The number of phosphoric acid groups is 2. The third kappa shape index (κ3) is 21.4. The van der Waals surface area contributed by atoms with Crippen LogP contribution in [0.3, 0.4) is 0 Å². The number of quaternary nitrogens is 1. The van der Waals surface area contributed by atoms with Gasteiger partial charge in [0.15, 0.2) is 6.10 Å². The predicted octanol–water partition coefficient (Wildman–Crippen LogP) is -1.89. The Morgan fingerprint density at radius 3 is 1.80 bits per heavy atom. The molecule has 0 radical (unpaired) electrons. The second kappa shape index (κ2) is 16.4. The van der Waals surface area contributed by atoms with E-state index in [0.717, 1.165) is 17.6 Å². The third-order valence-corrected chi connectivity index (χ3v) is 4.85. The number of nitrogens with one attached hydrogen (secondary N) is 1. The molecule has 2 atom stereocenters. The number of aromatic amines is 1. The number of carboxylic acid groups (broad SMARTS) is 1. The number of hydrogen-bond acceptors (Lipinski definition) is 6. The maximum atomic E-state index is 10.7. The Morgan fingerprint density at radius 1 is 1.13 bits per heavy atom. The quantitative estimate of drug-likeness (QED) is 0.122. The number of H-pyrrole nitrogens is 1. The Morgan fingerprint density at radius 2 is 1.57 bits per heavy atom. The zero-order valence-electron chi connectivity index (χ0n) is 16.6. The van der Waals surface area contributed by atoms with Gasteiger partial charge in [0.1, 0.15) is 0 Å². The van der Waals surface area contributed by atoms with Gasteiger partial charge in [-0.15, -0.1) is 0 Å². The van der Waals surface area contributed by atoms with Crippen molar-refractivity contribution in [2.24, 2.45) is 0 Å². The minimum absolute atomic E-state index is 0. The number of nitrogens with zero attached hydrogens (tertiary/aromatic N) is 1. The average Bonchev–Trinajstić information content (AvgIpc) is 3.10. The molecular weight excluding hydrogens is 466 g/mol. The van der Waals surface area contributed by atoms with Crippen LogP contribution in [0.4, 0.5) is 0 Å². The van der Waals surface area contributed by atoms with Gasteiger partial charge in [0.05, 0.1) is 33.8 Å². The summed E-state index contributed by atoms with van der Waals surface area (Å²) in [5.41, 5.74) is 0. The summed E-state index contributed by atoms with van der Waals surface area (Å²) in [6.07, 6.45) is 5.50. The monoisotopic (exact) mass is 494 g/mol. The van der Waals surface area contributed by atoms with Crippen molar-refractivity contribution >= 4 is 21.6 Å². The molecule has 0 aromatic carbocycles. The summed E-state index contributed by atoms with van der Waals surface area (Å²) >= 11 is 0. The Balaban J connectivity index is -0.000000409. The number of phosphoric ester groups is 1. The van der Waals surface area contributed by atoms with Crippen molar-refractivity contribution in [3.05, 3.63) is 49.8 Å². The van der Waals surface area contributed by atoms with Crippen LogP contribution in [0.25, 0.3) is 0 Å². The van der Waals surface area contributed by atoms with E-state index in [0.29, 0.717) is 0 Å². The van der Waals surface area contributed by atoms with Gasteiger partial charge in [-0.3, -0.25) is 4.52 Å². The number of halogens is 1. The molecule has 15 heteroatoms. The lowest BCUT2D eigenvalue weighted by atomic mass is 10.4. The van der Waals surface area contributed by atoms with Crippen LogP contribution in [-0.4, -0.2) is 80.2 Å². The maximum absolute atomic E-state index is 10.7. The van der Waals surface area contributed by atoms with Gasteiger partial charge in [-0.2, -0.15) is 4.31 Å². The smallest absolute Gasteiger partial charge is 0.482 e. The van der Waals surface area contributed by atoms with Crippen molar-refractivity contribution in [2.45, 2.75) is 6.10 Å². The third-order valence-electron chi connectivity index (χ3n) is 2.65. The number of rotatable bonds is 10. The Bertz CT molecular complexity index is 664.